The van der Waals surface area contributed by atoms with Crippen LogP contribution in [0.3, 0.4) is 0 Å². The summed E-state index contributed by atoms with van der Waals surface area (Å²) < 4.78 is 35.0. The van der Waals surface area contributed by atoms with Crippen molar-refractivity contribution in [2.24, 2.45) is 5.92 Å². The molecule has 0 radical (unpaired) electrons. The zero-order valence-corrected chi connectivity index (χ0v) is 19.7. The highest BCUT2D eigenvalue weighted by Gasteiger charge is 2.38. The van der Waals surface area contributed by atoms with Crippen molar-refractivity contribution in [2.45, 2.75) is 37.4 Å². The van der Waals surface area contributed by atoms with Crippen LogP contribution in [0.5, 0.6) is 5.75 Å². The van der Waals surface area contributed by atoms with Gasteiger partial charge in [0.1, 0.15) is 23.1 Å². The number of halogens is 1. The van der Waals surface area contributed by atoms with Crippen LogP contribution in [0.15, 0.2) is 46.3 Å². The van der Waals surface area contributed by atoms with Crippen LogP contribution in [0.2, 0.25) is 0 Å². The van der Waals surface area contributed by atoms with E-state index in [1.165, 1.54) is 10.6 Å². The fourth-order valence-corrected chi connectivity index (χ4v) is 5.68. The van der Waals surface area contributed by atoms with Crippen molar-refractivity contribution in [3.63, 3.8) is 0 Å². The van der Waals surface area contributed by atoms with Gasteiger partial charge in [-0.05, 0) is 32.2 Å². The highest BCUT2D eigenvalue weighted by molar-refractivity contribution is 9.10. The quantitative estimate of drug-likeness (QED) is 0.651. The highest BCUT2D eigenvalue weighted by Crippen LogP contribution is 2.35. The van der Waals surface area contributed by atoms with Gasteiger partial charge in [0.2, 0.25) is 10.0 Å². The average Bonchev–Trinajstić information content (AvgIpc) is 2.70. The van der Waals surface area contributed by atoms with Crippen LogP contribution >= 0.6 is 15.9 Å². The Balaban J connectivity index is 1.92. The predicted octanol–water partition coefficient (Wildman–Crippen LogP) is 2.14. The Morgan fingerprint density at radius 3 is 2.73 bits per heavy atom. The molecular formula is C20H27BrN4O4S. The molecule has 1 aliphatic rings. The van der Waals surface area contributed by atoms with Gasteiger partial charge in [0.25, 0.3) is 0 Å². The molecule has 0 aliphatic carbocycles. The molecular weight excluding hydrogens is 472 g/mol. The number of nitrogens with zero attached hydrogens (tertiary/aromatic N) is 4. The normalized spacial score (nSPS) is 22.6. The Morgan fingerprint density at radius 2 is 2.07 bits per heavy atom. The zero-order chi connectivity index (χ0) is 21.9. The lowest BCUT2D eigenvalue weighted by Crippen LogP contribution is -2.49. The molecule has 1 aromatic carbocycles. The van der Waals surface area contributed by atoms with Gasteiger partial charge in [-0.15, -0.1) is 0 Å². The van der Waals surface area contributed by atoms with E-state index >= 15 is 0 Å². The maximum absolute atomic E-state index is 13.3. The third kappa shape index (κ3) is 5.17. The summed E-state index contributed by atoms with van der Waals surface area (Å²) in [5.41, 5.74) is 0.986. The molecule has 30 heavy (non-hydrogen) atoms. The summed E-state index contributed by atoms with van der Waals surface area (Å²) in [7, 11) is -1.83. The largest absolute Gasteiger partial charge is 0.487 e. The van der Waals surface area contributed by atoms with E-state index in [-0.39, 0.29) is 30.1 Å². The molecule has 8 nitrogen and oxygen atoms in total. The minimum absolute atomic E-state index is 0.102. The van der Waals surface area contributed by atoms with E-state index in [0.29, 0.717) is 18.8 Å². The molecule has 2 heterocycles. The number of likely N-dealkylation sites (N-methyl/N-ethyl adjacent to an activating group) is 1. The van der Waals surface area contributed by atoms with Crippen LogP contribution in [-0.2, 0) is 16.6 Å². The first-order chi connectivity index (χ1) is 14.2. The Morgan fingerprint density at radius 1 is 1.37 bits per heavy atom. The maximum atomic E-state index is 13.3. The second-order valence-corrected chi connectivity index (χ2v) is 10.5. The number of sulfonamides is 1. The van der Waals surface area contributed by atoms with E-state index in [2.05, 4.69) is 30.8 Å². The van der Waals surface area contributed by atoms with Crippen LogP contribution < -0.4 is 4.74 Å². The minimum atomic E-state index is -3.81. The molecule has 0 saturated carbocycles. The van der Waals surface area contributed by atoms with Crippen molar-refractivity contribution in [1.82, 2.24) is 19.2 Å². The number of hydrogen-bond donors (Lipinski definition) is 1. The molecule has 1 aromatic heterocycles. The topological polar surface area (TPSA) is 95.9 Å². The standard InChI is InChI=1S/C20H27BrN4O4S/c1-14-9-25(15(2)12-26)30(27,28)20-5-4-17(21)6-18(20)29-19(14)11-24(3)10-16-7-22-13-23-8-16/h4-8,13-15,19,26H,9-12H2,1-3H3/t14-,15-,19+/m1/s1. The summed E-state index contributed by atoms with van der Waals surface area (Å²) in [6, 6.07) is 4.38. The van der Waals surface area contributed by atoms with Gasteiger partial charge < -0.3 is 9.84 Å². The van der Waals surface area contributed by atoms with Crippen molar-refractivity contribution in [3.05, 3.63) is 47.0 Å². The van der Waals surface area contributed by atoms with Crippen molar-refractivity contribution >= 4 is 26.0 Å². The summed E-state index contributed by atoms with van der Waals surface area (Å²) in [4.78, 5) is 10.3. The average molecular weight is 499 g/mol. The van der Waals surface area contributed by atoms with Gasteiger partial charge in [0.15, 0.2) is 0 Å². The zero-order valence-electron chi connectivity index (χ0n) is 17.3. The van der Waals surface area contributed by atoms with E-state index in [1.54, 1.807) is 37.5 Å². The molecule has 164 valence electrons. The molecule has 0 unspecified atom stereocenters. The van der Waals surface area contributed by atoms with Gasteiger partial charge in [-0.2, -0.15) is 4.31 Å². The van der Waals surface area contributed by atoms with Gasteiger partial charge in [-0.1, -0.05) is 22.9 Å². The minimum Gasteiger partial charge on any atom is -0.487 e. The van der Waals surface area contributed by atoms with Crippen LogP contribution in [0.25, 0.3) is 0 Å². The Bertz CT molecular complexity index is 961. The first kappa shape index (κ1) is 23.1. The highest BCUT2D eigenvalue weighted by atomic mass is 79.9. The van der Waals surface area contributed by atoms with E-state index in [9.17, 15) is 13.5 Å². The fourth-order valence-electron chi connectivity index (χ4n) is 3.51. The summed E-state index contributed by atoms with van der Waals surface area (Å²) >= 11 is 3.41. The lowest BCUT2D eigenvalue weighted by Gasteiger charge is -2.37. The van der Waals surface area contributed by atoms with E-state index in [1.807, 2.05) is 14.0 Å². The molecule has 10 heteroatoms. The Kier molecular flexibility index (Phi) is 7.46. The predicted molar refractivity (Wildman–Crippen MR) is 117 cm³/mol. The fraction of sp³-hybridized carbons (Fsp3) is 0.500. The molecule has 2 aromatic rings. The molecule has 1 aliphatic heterocycles. The molecule has 0 saturated heterocycles. The van der Waals surface area contributed by atoms with Crippen LogP contribution in [0.1, 0.15) is 19.4 Å². The second kappa shape index (κ2) is 9.69. The maximum Gasteiger partial charge on any atom is 0.247 e. The first-order valence-corrected chi connectivity index (χ1v) is 12.0. The van der Waals surface area contributed by atoms with Gasteiger partial charge in [0, 0.05) is 54.0 Å². The number of rotatable bonds is 6. The van der Waals surface area contributed by atoms with Gasteiger partial charge in [0.05, 0.1) is 6.61 Å². The van der Waals surface area contributed by atoms with Crippen LogP contribution in [0, 0.1) is 5.92 Å². The van der Waals surface area contributed by atoms with E-state index < -0.39 is 16.1 Å². The van der Waals surface area contributed by atoms with Crippen molar-refractivity contribution in [2.75, 3.05) is 26.7 Å². The Hall–Kier alpha value is -1.59. The number of hydrogen-bond acceptors (Lipinski definition) is 7. The number of ether oxygens (including phenoxy) is 1. The summed E-state index contributed by atoms with van der Waals surface area (Å²) in [6.07, 6.45) is 4.79. The molecule has 3 rings (SSSR count). The SMILES string of the molecule is C[C@@H]1CN([C@H](C)CO)S(=O)(=O)c2ccc(Br)cc2O[C@H]1CN(C)Cc1cncnc1. The van der Waals surface area contributed by atoms with Crippen LogP contribution in [-0.4, -0.2) is 71.6 Å². The second-order valence-electron chi connectivity index (χ2n) is 7.77. The summed E-state index contributed by atoms with van der Waals surface area (Å²) in [5, 5.41) is 9.67. The van der Waals surface area contributed by atoms with Crippen molar-refractivity contribution in [3.8, 4) is 5.75 Å². The number of aliphatic hydroxyl groups excluding tert-OH is 1. The van der Waals surface area contributed by atoms with Crippen molar-refractivity contribution < 1.29 is 18.3 Å². The molecule has 1 N–H and O–H groups in total. The third-order valence-corrected chi connectivity index (χ3v) is 7.70. The first-order valence-electron chi connectivity index (χ1n) is 9.73. The summed E-state index contributed by atoms with van der Waals surface area (Å²) in [6.45, 7) is 4.92. The monoisotopic (exact) mass is 498 g/mol. The van der Waals surface area contributed by atoms with E-state index in [4.69, 9.17) is 4.74 Å². The summed E-state index contributed by atoms with van der Waals surface area (Å²) in [5.74, 6) is 0.211. The molecule has 3 atom stereocenters. The number of fused-ring (bicyclic) bond motifs is 1. The number of aromatic nitrogens is 2. The smallest absolute Gasteiger partial charge is 0.247 e. The lowest BCUT2D eigenvalue weighted by atomic mass is 10.0. The third-order valence-electron chi connectivity index (χ3n) is 5.19. The van der Waals surface area contributed by atoms with Gasteiger partial charge in [-0.3, -0.25) is 4.90 Å². The molecule has 0 spiro atoms. The van der Waals surface area contributed by atoms with Crippen molar-refractivity contribution in [1.29, 1.82) is 0 Å². The number of benzene rings is 1. The Labute approximate surface area is 186 Å². The molecule has 0 amide bonds. The molecule has 0 fully saturated rings. The van der Waals surface area contributed by atoms with Crippen LogP contribution in [0.4, 0.5) is 0 Å². The van der Waals surface area contributed by atoms with Gasteiger partial charge >= 0.3 is 0 Å². The van der Waals surface area contributed by atoms with E-state index in [0.717, 1.165) is 10.0 Å². The number of aliphatic hydroxyl groups is 1. The lowest BCUT2D eigenvalue weighted by molar-refractivity contribution is 0.0732. The van der Waals surface area contributed by atoms with Gasteiger partial charge in [-0.25, -0.2) is 18.4 Å². The molecule has 0 bridgehead atoms.